The Morgan fingerprint density at radius 1 is 1.38 bits per heavy atom. The van der Waals surface area contributed by atoms with Gasteiger partial charge >= 0.3 is 5.97 Å². The third-order valence-corrected chi connectivity index (χ3v) is 5.14. The number of carbonyl (C=O) groups is 1. The van der Waals surface area contributed by atoms with Crippen LogP contribution in [-0.2, 0) is 4.74 Å². The highest BCUT2D eigenvalue weighted by Crippen LogP contribution is 2.41. The Morgan fingerprint density at radius 2 is 2.14 bits per heavy atom. The van der Waals surface area contributed by atoms with Gasteiger partial charge in [0.25, 0.3) is 0 Å². The number of aromatic nitrogens is 1. The quantitative estimate of drug-likeness (QED) is 0.817. The van der Waals surface area contributed by atoms with Crippen molar-refractivity contribution in [2.45, 2.75) is 45.4 Å². The first-order valence-corrected chi connectivity index (χ1v) is 8.47. The minimum Gasteiger partial charge on any atom is -0.461 e. The summed E-state index contributed by atoms with van der Waals surface area (Å²) in [6, 6.07) is 6.28. The first-order chi connectivity index (χ1) is 10.2. The summed E-state index contributed by atoms with van der Waals surface area (Å²) in [5.74, 6) is 0.318. The van der Waals surface area contributed by atoms with Crippen molar-refractivity contribution < 1.29 is 9.53 Å². The number of aromatic amines is 1. The van der Waals surface area contributed by atoms with Crippen LogP contribution < -0.4 is 0 Å². The second-order valence-electron chi connectivity index (χ2n) is 5.63. The third kappa shape index (κ3) is 2.91. The molecule has 1 saturated carbocycles. The van der Waals surface area contributed by atoms with E-state index in [-0.39, 0.29) is 5.97 Å². The molecule has 2 aromatic heterocycles. The molecule has 112 valence electrons. The molecule has 3 rings (SSSR count). The fraction of sp³-hybridized carbons (Fsp3) is 0.471. The van der Waals surface area contributed by atoms with Gasteiger partial charge in [-0.3, -0.25) is 0 Å². The van der Waals surface area contributed by atoms with E-state index in [0.29, 0.717) is 18.2 Å². The number of esters is 1. The molecule has 1 N–H and O–H groups in total. The van der Waals surface area contributed by atoms with Gasteiger partial charge in [0.05, 0.1) is 17.2 Å². The van der Waals surface area contributed by atoms with Crippen LogP contribution in [0.1, 0.15) is 59.5 Å². The molecule has 21 heavy (non-hydrogen) atoms. The normalized spacial score (nSPS) is 15.5. The lowest BCUT2D eigenvalue weighted by Crippen LogP contribution is -2.04. The molecule has 1 aliphatic rings. The zero-order chi connectivity index (χ0) is 14.8. The van der Waals surface area contributed by atoms with Crippen molar-refractivity contribution in [1.82, 2.24) is 4.98 Å². The highest BCUT2D eigenvalue weighted by atomic mass is 32.1. The van der Waals surface area contributed by atoms with Crippen LogP contribution in [0.15, 0.2) is 18.2 Å². The molecular formula is C17H21NO2S. The van der Waals surface area contributed by atoms with Crippen molar-refractivity contribution in [3.63, 3.8) is 0 Å². The van der Waals surface area contributed by atoms with E-state index in [0.717, 1.165) is 5.69 Å². The monoisotopic (exact) mass is 303 g/mol. The molecule has 4 heteroatoms. The molecule has 0 aromatic carbocycles. The fourth-order valence-electron chi connectivity index (χ4n) is 3.12. The lowest BCUT2D eigenvalue weighted by molar-refractivity contribution is 0.0520. The van der Waals surface area contributed by atoms with E-state index in [2.05, 4.69) is 24.0 Å². The molecular weight excluding hydrogens is 282 g/mol. The molecule has 2 aromatic rings. The van der Waals surface area contributed by atoms with E-state index in [1.54, 1.807) is 11.3 Å². The fourth-order valence-corrected chi connectivity index (χ4v) is 4.01. The Kier molecular flexibility index (Phi) is 4.15. The van der Waals surface area contributed by atoms with Crippen LogP contribution >= 0.6 is 11.3 Å². The maximum absolute atomic E-state index is 12.0. The number of ether oxygens (including phenoxy) is 1. The second kappa shape index (κ2) is 6.06. The largest absolute Gasteiger partial charge is 0.461 e. The van der Waals surface area contributed by atoms with Crippen LogP contribution in [0.5, 0.6) is 0 Å². The van der Waals surface area contributed by atoms with Gasteiger partial charge < -0.3 is 9.72 Å². The first kappa shape index (κ1) is 14.4. The number of H-pyrrole nitrogens is 1. The molecule has 0 atom stereocenters. The molecule has 3 nitrogen and oxygen atoms in total. The number of hydrogen-bond acceptors (Lipinski definition) is 3. The highest BCUT2D eigenvalue weighted by Gasteiger charge is 2.25. The molecule has 0 saturated heterocycles. The van der Waals surface area contributed by atoms with Crippen molar-refractivity contribution in [1.29, 1.82) is 0 Å². The summed E-state index contributed by atoms with van der Waals surface area (Å²) in [5.41, 5.74) is 2.99. The first-order valence-electron chi connectivity index (χ1n) is 7.66. The molecule has 0 radical (unpaired) electrons. The van der Waals surface area contributed by atoms with Crippen molar-refractivity contribution >= 4 is 17.3 Å². The van der Waals surface area contributed by atoms with Gasteiger partial charge in [-0.05, 0) is 56.4 Å². The van der Waals surface area contributed by atoms with Crippen molar-refractivity contribution in [2.75, 3.05) is 6.61 Å². The van der Waals surface area contributed by atoms with Gasteiger partial charge in [0.1, 0.15) is 5.69 Å². The summed E-state index contributed by atoms with van der Waals surface area (Å²) in [6.07, 6.45) is 5.01. The van der Waals surface area contributed by atoms with Crippen LogP contribution in [-0.4, -0.2) is 17.6 Å². The average molecular weight is 303 g/mol. The van der Waals surface area contributed by atoms with E-state index >= 15 is 0 Å². The lowest BCUT2D eigenvalue weighted by atomic mass is 9.97. The number of rotatable bonds is 4. The molecule has 1 aliphatic carbocycles. The van der Waals surface area contributed by atoms with Crippen molar-refractivity contribution in [3.05, 3.63) is 34.3 Å². The predicted octanol–water partition coefficient (Wildman–Crippen LogP) is 4.89. The summed E-state index contributed by atoms with van der Waals surface area (Å²) < 4.78 is 5.13. The minimum atomic E-state index is -0.253. The van der Waals surface area contributed by atoms with Gasteiger partial charge in [0.2, 0.25) is 0 Å². The van der Waals surface area contributed by atoms with Gasteiger partial charge in [0.15, 0.2) is 0 Å². The molecule has 0 aliphatic heterocycles. The smallest absolute Gasteiger partial charge is 0.354 e. The van der Waals surface area contributed by atoms with E-state index in [1.807, 2.05) is 13.0 Å². The molecule has 0 spiro atoms. The lowest BCUT2D eigenvalue weighted by Gasteiger charge is -2.09. The molecule has 0 bridgehead atoms. The van der Waals surface area contributed by atoms with Gasteiger partial charge in [-0.25, -0.2) is 4.79 Å². The van der Waals surface area contributed by atoms with Crippen LogP contribution in [0.25, 0.3) is 10.6 Å². The van der Waals surface area contributed by atoms with E-state index < -0.39 is 0 Å². The van der Waals surface area contributed by atoms with Crippen LogP contribution in [0, 0.1) is 6.92 Å². The number of hydrogen-bond donors (Lipinski definition) is 1. The zero-order valence-corrected chi connectivity index (χ0v) is 13.4. The van der Waals surface area contributed by atoms with Gasteiger partial charge in [0, 0.05) is 4.88 Å². The van der Waals surface area contributed by atoms with Crippen molar-refractivity contribution in [3.8, 4) is 10.6 Å². The van der Waals surface area contributed by atoms with Crippen LogP contribution in [0.4, 0.5) is 0 Å². The van der Waals surface area contributed by atoms with E-state index in [9.17, 15) is 4.79 Å². The van der Waals surface area contributed by atoms with Crippen molar-refractivity contribution in [2.24, 2.45) is 0 Å². The van der Waals surface area contributed by atoms with E-state index in [1.165, 1.54) is 41.0 Å². The standard InChI is InChI=1S/C17H21NO2S/c1-3-20-17(19)14-10-13(12-6-4-5-7-12)16(18-14)15-9-8-11(2)21-15/h8-10,12,18H,3-7H2,1-2H3. The molecule has 0 amide bonds. The van der Waals surface area contributed by atoms with Crippen LogP contribution in [0.3, 0.4) is 0 Å². The maximum Gasteiger partial charge on any atom is 0.354 e. The summed E-state index contributed by atoms with van der Waals surface area (Å²) in [5, 5.41) is 0. The molecule has 0 unspecified atom stereocenters. The van der Waals surface area contributed by atoms with Gasteiger partial charge in [-0.15, -0.1) is 11.3 Å². The average Bonchev–Trinajstić information content (AvgIpc) is 3.18. The highest BCUT2D eigenvalue weighted by molar-refractivity contribution is 7.15. The predicted molar refractivity (Wildman–Crippen MR) is 86.0 cm³/mol. The van der Waals surface area contributed by atoms with Crippen LogP contribution in [0.2, 0.25) is 0 Å². The Bertz CT molecular complexity index is 635. The number of thiophene rings is 1. The number of nitrogens with one attached hydrogen (secondary N) is 1. The Morgan fingerprint density at radius 3 is 2.76 bits per heavy atom. The topological polar surface area (TPSA) is 42.1 Å². The summed E-state index contributed by atoms with van der Waals surface area (Å²) >= 11 is 1.77. The zero-order valence-electron chi connectivity index (χ0n) is 12.6. The maximum atomic E-state index is 12.0. The number of carbonyl (C=O) groups excluding carboxylic acids is 1. The summed E-state index contributed by atoms with van der Waals surface area (Å²) in [7, 11) is 0. The Labute approximate surface area is 129 Å². The third-order valence-electron chi connectivity index (χ3n) is 4.13. The second-order valence-corrected chi connectivity index (χ2v) is 6.91. The summed E-state index contributed by atoms with van der Waals surface area (Å²) in [4.78, 5) is 17.8. The molecule has 1 fully saturated rings. The van der Waals surface area contributed by atoms with Gasteiger partial charge in [-0.2, -0.15) is 0 Å². The van der Waals surface area contributed by atoms with Gasteiger partial charge in [-0.1, -0.05) is 12.8 Å². The summed E-state index contributed by atoms with van der Waals surface area (Å²) in [6.45, 7) is 4.35. The minimum absolute atomic E-state index is 0.253. The Hall–Kier alpha value is -1.55. The molecule has 2 heterocycles. The van der Waals surface area contributed by atoms with E-state index in [4.69, 9.17) is 4.74 Å². The SMILES string of the molecule is CCOC(=O)c1cc(C2CCCC2)c(-c2ccc(C)s2)[nH]1. The Balaban J connectivity index is 2.01. The number of aryl methyl sites for hydroxylation is 1.